The largest absolute Gasteiger partial charge is 0.478 e. The molecule has 10 nitrogen and oxygen atoms in total. The van der Waals surface area contributed by atoms with Crippen molar-refractivity contribution in [3.05, 3.63) is 105 Å². The van der Waals surface area contributed by atoms with Crippen LogP contribution in [0.4, 0.5) is 0 Å². The van der Waals surface area contributed by atoms with Gasteiger partial charge in [-0.2, -0.15) is 0 Å². The lowest BCUT2D eigenvalue weighted by atomic mass is 9.78. The number of carbonyl (C=O) groups excluding carboxylic acids is 1. The van der Waals surface area contributed by atoms with Crippen LogP contribution in [0.25, 0.3) is 0 Å². The van der Waals surface area contributed by atoms with Gasteiger partial charge >= 0.3 is 29.8 Å². The molecule has 4 rings (SSSR count). The van der Waals surface area contributed by atoms with Crippen molar-refractivity contribution in [3.8, 4) is 0 Å². The summed E-state index contributed by atoms with van der Waals surface area (Å²) in [6, 6.07) is 12.8. The first kappa shape index (κ1) is 22.2. The van der Waals surface area contributed by atoms with Crippen molar-refractivity contribution in [1.29, 1.82) is 0 Å². The molecule has 0 aliphatic carbocycles. The third-order valence-electron chi connectivity index (χ3n) is 5.55. The molecule has 4 N–H and O–H groups in total. The number of hydrogen-bond donors (Lipinski definition) is 4. The van der Waals surface area contributed by atoms with Crippen LogP contribution in [0.1, 0.15) is 68.5 Å². The van der Waals surface area contributed by atoms with Gasteiger partial charge in [-0.05, 0) is 30.3 Å². The van der Waals surface area contributed by atoms with Crippen LogP contribution in [0.5, 0.6) is 0 Å². The number of esters is 1. The normalized spacial score (nSPS) is 13.6. The quantitative estimate of drug-likeness (QED) is 0.398. The van der Waals surface area contributed by atoms with Crippen LogP contribution in [0.15, 0.2) is 60.7 Å². The van der Waals surface area contributed by atoms with Crippen LogP contribution in [0.2, 0.25) is 0 Å². The number of fused-ring (bicyclic) bond motifs is 1. The number of hydrogen-bond acceptors (Lipinski definition) is 6. The first-order valence-corrected chi connectivity index (χ1v) is 9.63. The fraction of sp³-hybridized carbons (Fsp3) is 0.0417. The number of rotatable bonds is 6. The molecule has 10 heteroatoms. The fourth-order valence-electron chi connectivity index (χ4n) is 4.07. The molecule has 0 fully saturated rings. The van der Waals surface area contributed by atoms with Crippen molar-refractivity contribution < 1.29 is 49.1 Å². The van der Waals surface area contributed by atoms with Crippen LogP contribution in [0, 0.1) is 0 Å². The highest BCUT2D eigenvalue weighted by molar-refractivity contribution is 6.03. The highest BCUT2D eigenvalue weighted by atomic mass is 16.6. The number of carboxylic acids is 4. The summed E-state index contributed by atoms with van der Waals surface area (Å²) in [5.41, 5.74) is -3.58. The molecular weight excluding hydrogens is 448 g/mol. The zero-order chi connectivity index (χ0) is 24.8. The lowest BCUT2D eigenvalue weighted by molar-refractivity contribution is 0.0250. The monoisotopic (exact) mass is 462 g/mol. The number of carbonyl (C=O) groups is 5. The molecule has 170 valence electrons. The minimum atomic E-state index is -1.86. The zero-order valence-electron chi connectivity index (χ0n) is 17.0. The van der Waals surface area contributed by atoms with E-state index >= 15 is 0 Å². The molecule has 0 radical (unpaired) electrons. The molecule has 0 saturated heterocycles. The van der Waals surface area contributed by atoms with Gasteiger partial charge in [0.1, 0.15) is 0 Å². The molecule has 1 aliphatic heterocycles. The van der Waals surface area contributed by atoms with Gasteiger partial charge in [-0.25, -0.2) is 24.0 Å². The summed E-state index contributed by atoms with van der Waals surface area (Å²) in [4.78, 5) is 59.4. The topological polar surface area (TPSA) is 175 Å². The summed E-state index contributed by atoms with van der Waals surface area (Å²) < 4.78 is 5.74. The Bertz CT molecular complexity index is 1340. The zero-order valence-corrected chi connectivity index (χ0v) is 17.0. The third kappa shape index (κ3) is 3.25. The highest BCUT2D eigenvalue weighted by Crippen LogP contribution is 2.47. The number of cyclic esters (lactones) is 1. The minimum Gasteiger partial charge on any atom is -0.478 e. The van der Waals surface area contributed by atoms with Crippen molar-refractivity contribution >= 4 is 29.8 Å². The third-order valence-corrected chi connectivity index (χ3v) is 5.55. The average molecular weight is 462 g/mol. The van der Waals surface area contributed by atoms with E-state index in [2.05, 4.69) is 0 Å². The van der Waals surface area contributed by atoms with Crippen LogP contribution in [-0.2, 0) is 10.3 Å². The predicted molar refractivity (Wildman–Crippen MR) is 112 cm³/mol. The summed E-state index contributed by atoms with van der Waals surface area (Å²) in [7, 11) is 0. The molecule has 3 aromatic rings. The van der Waals surface area contributed by atoms with E-state index in [1.165, 1.54) is 24.3 Å². The van der Waals surface area contributed by atoms with E-state index in [9.17, 15) is 44.4 Å². The molecule has 0 bridgehead atoms. The van der Waals surface area contributed by atoms with E-state index in [0.717, 1.165) is 24.3 Å². The molecule has 1 aliphatic rings. The second-order valence-electron chi connectivity index (χ2n) is 7.36. The molecule has 0 atom stereocenters. The van der Waals surface area contributed by atoms with Crippen molar-refractivity contribution in [3.63, 3.8) is 0 Å². The fourth-order valence-corrected chi connectivity index (χ4v) is 4.07. The van der Waals surface area contributed by atoms with Gasteiger partial charge < -0.3 is 25.2 Å². The molecule has 0 aromatic heterocycles. The van der Waals surface area contributed by atoms with Crippen molar-refractivity contribution in [2.75, 3.05) is 0 Å². The number of aromatic carboxylic acids is 4. The maximum absolute atomic E-state index is 12.8. The lowest BCUT2D eigenvalue weighted by Gasteiger charge is -2.31. The van der Waals surface area contributed by atoms with Gasteiger partial charge in [0.05, 0.1) is 27.8 Å². The van der Waals surface area contributed by atoms with E-state index in [0.29, 0.717) is 0 Å². The summed E-state index contributed by atoms with van der Waals surface area (Å²) in [6.45, 7) is 0. The average Bonchev–Trinajstić information content (AvgIpc) is 3.11. The van der Waals surface area contributed by atoms with Gasteiger partial charge in [0.25, 0.3) is 0 Å². The Morgan fingerprint density at radius 2 is 1.06 bits per heavy atom. The standard InChI is InChI=1S/C24H14O10/c25-19(26)13-7-5-11(9-16(13)21(29)30)24(18-4-2-1-3-15(18)23(33)34-24)12-6-8-14(20(27)28)17(10-12)22(31)32/h1-10H,(H,25,26)(H,27,28)(H,29,30)(H,31,32). The molecule has 0 unspecified atom stereocenters. The first-order chi connectivity index (χ1) is 16.1. The Morgan fingerprint density at radius 1 is 0.618 bits per heavy atom. The minimum absolute atomic E-state index is 0.0348. The summed E-state index contributed by atoms with van der Waals surface area (Å²) in [6.07, 6.45) is 0. The summed E-state index contributed by atoms with van der Waals surface area (Å²) >= 11 is 0. The van der Waals surface area contributed by atoms with Crippen LogP contribution in [-0.4, -0.2) is 50.3 Å². The second-order valence-corrected chi connectivity index (χ2v) is 7.36. The Balaban J connectivity index is 2.10. The molecule has 1 heterocycles. The van der Waals surface area contributed by atoms with Crippen LogP contribution in [0.3, 0.4) is 0 Å². The molecular formula is C24H14O10. The lowest BCUT2D eigenvalue weighted by Crippen LogP contribution is -2.31. The molecule has 0 spiro atoms. The Kier molecular flexibility index (Phi) is 5.13. The number of carboxylic acid groups (broad SMARTS) is 4. The Morgan fingerprint density at radius 3 is 1.50 bits per heavy atom. The van der Waals surface area contributed by atoms with Crippen molar-refractivity contribution in [2.24, 2.45) is 0 Å². The van der Waals surface area contributed by atoms with E-state index in [4.69, 9.17) is 4.74 Å². The SMILES string of the molecule is O=C(O)c1ccc(C2(c3ccc(C(=O)O)c(C(=O)O)c3)OC(=O)c3ccccc32)cc1C(=O)O. The van der Waals surface area contributed by atoms with E-state index in [-0.39, 0.29) is 22.3 Å². The Labute approximate surface area is 190 Å². The maximum atomic E-state index is 12.8. The van der Waals surface area contributed by atoms with Crippen molar-refractivity contribution in [2.45, 2.75) is 5.60 Å². The predicted octanol–water partition coefficient (Wildman–Crippen LogP) is 2.94. The van der Waals surface area contributed by atoms with Gasteiger partial charge in [0.15, 0.2) is 5.60 Å². The van der Waals surface area contributed by atoms with Gasteiger partial charge in [0, 0.05) is 16.7 Å². The van der Waals surface area contributed by atoms with E-state index in [1.54, 1.807) is 12.1 Å². The van der Waals surface area contributed by atoms with Crippen molar-refractivity contribution in [1.82, 2.24) is 0 Å². The first-order valence-electron chi connectivity index (χ1n) is 9.63. The number of ether oxygens (including phenoxy) is 1. The number of benzene rings is 3. The highest BCUT2D eigenvalue weighted by Gasteiger charge is 2.49. The molecule has 34 heavy (non-hydrogen) atoms. The molecule has 0 amide bonds. The van der Waals surface area contributed by atoms with E-state index < -0.39 is 57.7 Å². The van der Waals surface area contributed by atoms with E-state index in [1.807, 2.05) is 0 Å². The maximum Gasteiger partial charge on any atom is 0.340 e. The van der Waals surface area contributed by atoms with Crippen LogP contribution >= 0.6 is 0 Å². The Hall–Kier alpha value is -4.99. The van der Waals surface area contributed by atoms with Gasteiger partial charge in [-0.15, -0.1) is 0 Å². The summed E-state index contributed by atoms with van der Waals surface area (Å²) in [5.74, 6) is -6.84. The molecule has 0 saturated carbocycles. The smallest absolute Gasteiger partial charge is 0.340 e. The second kappa shape index (κ2) is 7.85. The van der Waals surface area contributed by atoms with Gasteiger partial charge in [-0.1, -0.05) is 30.3 Å². The van der Waals surface area contributed by atoms with Crippen LogP contribution < -0.4 is 0 Å². The molecule has 3 aromatic carbocycles. The summed E-state index contributed by atoms with van der Waals surface area (Å²) in [5, 5.41) is 37.9. The van der Waals surface area contributed by atoms with Gasteiger partial charge in [0.2, 0.25) is 0 Å². The van der Waals surface area contributed by atoms with Gasteiger partial charge in [-0.3, -0.25) is 0 Å².